The van der Waals surface area contributed by atoms with E-state index in [1.165, 1.54) is 51.4 Å². The minimum Gasteiger partial charge on any atom is -0.392 e. The molecular formula is C14H29NO. The molecule has 2 heteroatoms. The highest BCUT2D eigenvalue weighted by molar-refractivity contribution is 4.72. The molecule has 96 valence electrons. The highest BCUT2D eigenvalue weighted by Gasteiger charge is 2.18. The van der Waals surface area contributed by atoms with Crippen LogP contribution in [0.15, 0.2) is 0 Å². The molecule has 1 saturated carbocycles. The Kier molecular flexibility index (Phi) is 7.87. The number of aliphatic hydroxyl groups excluding tert-OH is 1. The van der Waals surface area contributed by atoms with Gasteiger partial charge in [0, 0.05) is 6.54 Å². The van der Waals surface area contributed by atoms with Gasteiger partial charge in [-0.15, -0.1) is 0 Å². The van der Waals surface area contributed by atoms with Gasteiger partial charge in [0.15, 0.2) is 0 Å². The van der Waals surface area contributed by atoms with Crippen molar-refractivity contribution in [3.05, 3.63) is 0 Å². The van der Waals surface area contributed by atoms with Crippen LogP contribution in [0, 0.1) is 5.92 Å². The number of rotatable bonds is 9. The maximum absolute atomic E-state index is 9.85. The molecule has 0 amide bonds. The van der Waals surface area contributed by atoms with Crippen molar-refractivity contribution in [3.63, 3.8) is 0 Å². The van der Waals surface area contributed by atoms with Crippen LogP contribution in [-0.4, -0.2) is 24.3 Å². The third kappa shape index (κ3) is 6.49. The lowest BCUT2D eigenvalue weighted by molar-refractivity contribution is 0.141. The van der Waals surface area contributed by atoms with Crippen LogP contribution >= 0.6 is 0 Å². The van der Waals surface area contributed by atoms with Crippen LogP contribution in [0.4, 0.5) is 0 Å². The third-order valence-corrected chi connectivity index (χ3v) is 3.67. The van der Waals surface area contributed by atoms with Gasteiger partial charge in [0.25, 0.3) is 0 Å². The van der Waals surface area contributed by atoms with E-state index in [0.29, 0.717) is 0 Å². The Hall–Kier alpha value is -0.0800. The summed E-state index contributed by atoms with van der Waals surface area (Å²) in [4.78, 5) is 0. The Labute approximate surface area is 101 Å². The van der Waals surface area contributed by atoms with Crippen molar-refractivity contribution in [2.45, 2.75) is 70.8 Å². The second kappa shape index (κ2) is 9.00. The summed E-state index contributed by atoms with van der Waals surface area (Å²) in [6.45, 7) is 4.10. The Balaban J connectivity index is 1.87. The van der Waals surface area contributed by atoms with E-state index in [0.717, 1.165) is 25.4 Å². The SMILES string of the molecule is CCCCCCNCC(O)CC1CCCC1. The van der Waals surface area contributed by atoms with Gasteiger partial charge in [0.05, 0.1) is 6.10 Å². The first-order chi connectivity index (χ1) is 7.83. The third-order valence-electron chi connectivity index (χ3n) is 3.67. The summed E-state index contributed by atoms with van der Waals surface area (Å²) in [5, 5.41) is 13.2. The van der Waals surface area contributed by atoms with E-state index in [-0.39, 0.29) is 6.10 Å². The van der Waals surface area contributed by atoms with Crippen LogP contribution in [0.2, 0.25) is 0 Å². The Morgan fingerprint density at radius 1 is 1.19 bits per heavy atom. The van der Waals surface area contributed by atoms with Gasteiger partial charge in [-0.3, -0.25) is 0 Å². The second-order valence-electron chi connectivity index (χ2n) is 5.30. The standard InChI is InChI=1S/C14H29NO/c1-2-3-4-7-10-15-12-14(16)11-13-8-5-6-9-13/h13-16H,2-12H2,1H3. The molecule has 0 radical (unpaired) electrons. The minimum atomic E-state index is -0.116. The lowest BCUT2D eigenvalue weighted by atomic mass is 10.00. The zero-order valence-corrected chi connectivity index (χ0v) is 10.9. The number of hydrogen-bond donors (Lipinski definition) is 2. The van der Waals surface area contributed by atoms with Gasteiger partial charge in [-0.05, 0) is 25.3 Å². The van der Waals surface area contributed by atoms with Crippen molar-refractivity contribution in [1.82, 2.24) is 5.32 Å². The normalized spacial score (nSPS) is 19.1. The van der Waals surface area contributed by atoms with Gasteiger partial charge in [-0.25, -0.2) is 0 Å². The zero-order valence-electron chi connectivity index (χ0n) is 10.9. The molecule has 1 aliphatic rings. The lowest BCUT2D eigenvalue weighted by Crippen LogP contribution is -2.28. The van der Waals surface area contributed by atoms with Crippen LogP contribution in [0.1, 0.15) is 64.7 Å². The molecule has 1 aliphatic carbocycles. The summed E-state index contributed by atoms with van der Waals surface area (Å²) >= 11 is 0. The average molecular weight is 227 g/mol. The Morgan fingerprint density at radius 2 is 1.94 bits per heavy atom. The molecule has 1 fully saturated rings. The molecule has 1 unspecified atom stereocenters. The number of aliphatic hydroxyl groups is 1. The molecule has 0 saturated heterocycles. The summed E-state index contributed by atoms with van der Waals surface area (Å²) < 4.78 is 0. The first-order valence-electron chi connectivity index (χ1n) is 7.21. The van der Waals surface area contributed by atoms with Gasteiger partial charge in [0.1, 0.15) is 0 Å². The summed E-state index contributed by atoms with van der Waals surface area (Å²) in [6, 6.07) is 0. The predicted octanol–water partition coefficient (Wildman–Crippen LogP) is 3.10. The van der Waals surface area contributed by atoms with Crippen molar-refractivity contribution in [2.24, 2.45) is 5.92 Å². The van der Waals surface area contributed by atoms with Gasteiger partial charge < -0.3 is 10.4 Å². The number of unbranched alkanes of at least 4 members (excludes halogenated alkanes) is 3. The molecule has 1 atom stereocenters. The fourth-order valence-corrected chi connectivity index (χ4v) is 2.66. The minimum absolute atomic E-state index is 0.116. The Morgan fingerprint density at radius 3 is 2.62 bits per heavy atom. The van der Waals surface area contributed by atoms with Gasteiger partial charge in [-0.1, -0.05) is 51.9 Å². The molecular weight excluding hydrogens is 198 g/mol. The topological polar surface area (TPSA) is 32.3 Å². The molecule has 16 heavy (non-hydrogen) atoms. The van der Waals surface area contributed by atoms with Crippen molar-refractivity contribution >= 4 is 0 Å². The van der Waals surface area contributed by atoms with Crippen LogP contribution < -0.4 is 5.32 Å². The fourth-order valence-electron chi connectivity index (χ4n) is 2.66. The van der Waals surface area contributed by atoms with Crippen molar-refractivity contribution in [3.8, 4) is 0 Å². The monoisotopic (exact) mass is 227 g/mol. The molecule has 0 spiro atoms. The van der Waals surface area contributed by atoms with E-state index < -0.39 is 0 Å². The average Bonchev–Trinajstić information content (AvgIpc) is 2.76. The second-order valence-corrected chi connectivity index (χ2v) is 5.30. The maximum Gasteiger partial charge on any atom is 0.0667 e. The number of hydrogen-bond acceptors (Lipinski definition) is 2. The summed E-state index contributed by atoms with van der Waals surface area (Å²) in [7, 11) is 0. The van der Waals surface area contributed by atoms with E-state index in [1.54, 1.807) is 0 Å². The largest absolute Gasteiger partial charge is 0.392 e. The predicted molar refractivity (Wildman–Crippen MR) is 69.6 cm³/mol. The molecule has 2 N–H and O–H groups in total. The molecule has 2 nitrogen and oxygen atoms in total. The highest BCUT2D eigenvalue weighted by Crippen LogP contribution is 2.28. The molecule has 0 aromatic rings. The quantitative estimate of drug-likeness (QED) is 0.593. The van der Waals surface area contributed by atoms with E-state index in [9.17, 15) is 5.11 Å². The van der Waals surface area contributed by atoms with Gasteiger partial charge in [-0.2, -0.15) is 0 Å². The van der Waals surface area contributed by atoms with Crippen molar-refractivity contribution in [2.75, 3.05) is 13.1 Å². The van der Waals surface area contributed by atoms with E-state index in [4.69, 9.17) is 0 Å². The Bertz CT molecular complexity index is 155. The van der Waals surface area contributed by atoms with Gasteiger partial charge >= 0.3 is 0 Å². The van der Waals surface area contributed by atoms with Crippen molar-refractivity contribution in [1.29, 1.82) is 0 Å². The fraction of sp³-hybridized carbons (Fsp3) is 1.00. The van der Waals surface area contributed by atoms with E-state index >= 15 is 0 Å². The lowest BCUT2D eigenvalue weighted by Gasteiger charge is -2.15. The van der Waals surface area contributed by atoms with Crippen LogP contribution in [0.3, 0.4) is 0 Å². The molecule has 0 heterocycles. The van der Waals surface area contributed by atoms with E-state index in [1.807, 2.05) is 0 Å². The molecule has 0 aromatic heterocycles. The number of nitrogens with one attached hydrogen (secondary N) is 1. The first-order valence-corrected chi connectivity index (χ1v) is 7.21. The summed E-state index contributed by atoms with van der Waals surface area (Å²) in [6.07, 6.45) is 11.5. The maximum atomic E-state index is 9.85. The summed E-state index contributed by atoms with van der Waals surface area (Å²) in [5.41, 5.74) is 0. The highest BCUT2D eigenvalue weighted by atomic mass is 16.3. The van der Waals surface area contributed by atoms with E-state index in [2.05, 4.69) is 12.2 Å². The molecule has 1 rings (SSSR count). The van der Waals surface area contributed by atoms with Crippen molar-refractivity contribution < 1.29 is 5.11 Å². The molecule has 0 aromatic carbocycles. The van der Waals surface area contributed by atoms with Crippen LogP contribution in [0.25, 0.3) is 0 Å². The summed E-state index contributed by atoms with van der Waals surface area (Å²) in [5.74, 6) is 0.803. The molecule has 0 aliphatic heterocycles. The molecule has 0 bridgehead atoms. The van der Waals surface area contributed by atoms with Crippen LogP contribution in [0.5, 0.6) is 0 Å². The first kappa shape index (κ1) is 14.0. The zero-order chi connectivity index (χ0) is 11.6. The van der Waals surface area contributed by atoms with Gasteiger partial charge in [0.2, 0.25) is 0 Å². The van der Waals surface area contributed by atoms with Crippen LogP contribution in [-0.2, 0) is 0 Å². The smallest absolute Gasteiger partial charge is 0.0667 e.